The number of carbonyl (C=O) groups is 1. The van der Waals surface area contributed by atoms with Crippen LogP contribution in [0.15, 0.2) is 35.5 Å². The van der Waals surface area contributed by atoms with Gasteiger partial charge >= 0.3 is 5.97 Å². The van der Waals surface area contributed by atoms with Crippen LogP contribution in [-0.2, 0) is 20.8 Å². The van der Waals surface area contributed by atoms with Gasteiger partial charge in [-0.15, -0.1) is 0 Å². The lowest BCUT2D eigenvalue weighted by molar-refractivity contribution is -0.162. The van der Waals surface area contributed by atoms with Crippen molar-refractivity contribution in [3.8, 4) is 0 Å². The number of carboxylic acid groups (broad SMARTS) is 1. The fraction of sp³-hybridized carbons (Fsp3) is 0.429. The maximum atomic E-state index is 11.1. The fourth-order valence-corrected chi connectivity index (χ4v) is 1.85. The third kappa shape index (κ3) is 4.37. The SMILES string of the molecule is O=C(O)C(Cc1ccccc1)=NOC1CCCCO1. The van der Waals surface area contributed by atoms with Crippen LogP contribution in [0.25, 0.3) is 0 Å². The number of rotatable bonds is 5. The summed E-state index contributed by atoms with van der Waals surface area (Å²) in [6, 6.07) is 9.32. The van der Waals surface area contributed by atoms with Crippen molar-refractivity contribution in [3.63, 3.8) is 0 Å². The Morgan fingerprint density at radius 1 is 1.37 bits per heavy atom. The van der Waals surface area contributed by atoms with E-state index in [1.165, 1.54) is 0 Å². The lowest BCUT2D eigenvalue weighted by Crippen LogP contribution is -2.23. The Morgan fingerprint density at radius 3 is 2.79 bits per heavy atom. The van der Waals surface area contributed by atoms with Crippen molar-refractivity contribution in [2.45, 2.75) is 32.0 Å². The second-order valence-electron chi connectivity index (χ2n) is 4.41. The lowest BCUT2D eigenvalue weighted by atomic mass is 10.1. The molecule has 102 valence electrons. The highest BCUT2D eigenvalue weighted by atomic mass is 16.8. The highest BCUT2D eigenvalue weighted by Crippen LogP contribution is 2.14. The van der Waals surface area contributed by atoms with Crippen LogP contribution in [0.3, 0.4) is 0 Å². The number of oxime groups is 1. The molecule has 5 heteroatoms. The molecule has 0 saturated carbocycles. The van der Waals surface area contributed by atoms with Crippen LogP contribution in [0.4, 0.5) is 0 Å². The van der Waals surface area contributed by atoms with Gasteiger partial charge in [0.1, 0.15) is 0 Å². The van der Waals surface area contributed by atoms with Crippen LogP contribution in [0.2, 0.25) is 0 Å². The molecule has 1 unspecified atom stereocenters. The van der Waals surface area contributed by atoms with Crippen molar-refractivity contribution in [2.24, 2.45) is 5.16 Å². The molecule has 0 bridgehead atoms. The van der Waals surface area contributed by atoms with E-state index >= 15 is 0 Å². The Bertz CT molecular complexity index is 438. The molecule has 0 amide bonds. The smallest absolute Gasteiger partial charge is 0.354 e. The van der Waals surface area contributed by atoms with E-state index in [-0.39, 0.29) is 12.1 Å². The maximum absolute atomic E-state index is 11.1. The van der Waals surface area contributed by atoms with Crippen LogP contribution in [0.1, 0.15) is 24.8 Å². The van der Waals surface area contributed by atoms with E-state index in [4.69, 9.17) is 14.7 Å². The third-order valence-electron chi connectivity index (χ3n) is 2.88. The number of hydrogen-bond acceptors (Lipinski definition) is 4. The summed E-state index contributed by atoms with van der Waals surface area (Å²) in [4.78, 5) is 16.3. The van der Waals surface area contributed by atoms with Gasteiger partial charge in [0.25, 0.3) is 0 Å². The zero-order chi connectivity index (χ0) is 13.5. The van der Waals surface area contributed by atoms with Crippen molar-refractivity contribution >= 4 is 11.7 Å². The number of ether oxygens (including phenoxy) is 1. The number of carboxylic acids is 1. The first-order chi connectivity index (χ1) is 9.25. The molecule has 2 rings (SSSR count). The molecule has 1 aliphatic rings. The van der Waals surface area contributed by atoms with Gasteiger partial charge in [0.2, 0.25) is 6.29 Å². The predicted octanol–water partition coefficient (Wildman–Crippen LogP) is 2.21. The molecule has 1 aliphatic heterocycles. The van der Waals surface area contributed by atoms with E-state index in [1.807, 2.05) is 30.3 Å². The van der Waals surface area contributed by atoms with Gasteiger partial charge in [0, 0.05) is 12.8 Å². The molecule has 1 aromatic carbocycles. The van der Waals surface area contributed by atoms with Crippen molar-refractivity contribution in [3.05, 3.63) is 35.9 Å². The molecule has 1 saturated heterocycles. The van der Waals surface area contributed by atoms with Crippen molar-refractivity contribution < 1.29 is 19.5 Å². The van der Waals surface area contributed by atoms with E-state index < -0.39 is 12.3 Å². The van der Waals surface area contributed by atoms with Gasteiger partial charge in [0.05, 0.1) is 6.61 Å². The molecular formula is C14H17NO4. The Morgan fingerprint density at radius 2 is 2.16 bits per heavy atom. The Kier molecular flexibility index (Phi) is 4.92. The van der Waals surface area contributed by atoms with Gasteiger partial charge in [-0.2, -0.15) is 0 Å². The molecule has 1 N–H and O–H groups in total. The first-order valence-corrected chi connectivity index (χ1v) is 6.37. The number of nitrogens with zero attached hydrogens (tertiary/aromatic N) is 1. The molecule has 1 fully saturated rings. The van der Waals surface area contributed by atoms with Crippen LogP contribution < -0.4 is 0 Å². The monoisotopic (exact) mass is 263 g/mol. The summed E-state index contributed by atoms with van der Waals surface area (Å²) in [5, 5.41) is 12.8. The molecule has 0 radical (unpaired) electrons. The quantitative estimate of drug-likeness (QED) is 0.653. The van der Waals surface area contributed by atoms with E-state index in [9.17, 15) is 4.79 Å². The number of aliphatic carboxylic acids is 1. The third-order valence-corrected chi connectivity index (χ3v) is 2.88. The first kappa shape index (κ1) is 13.5. The van der Waals surface area contributed by atoms with E-state index in [0.29, 0.717) is 6.61 Å². The highest BCUT2D eigenvalue weighted by molar-refractivity contribution is 6.35. The number of hydrogen-bond donors (Lipinski definition) is 1. The first-order valence-electron chi connectivity index (χ1n) is 6.37. The zero-order valence-corrected chi connectivity index (χ0v) is 10.6. The summed E-state index contributed by atoms with van der Waals surface area (Å²) in [6.45, 7) is 0.640. The fourth-order valence-electron chi connectivity index (χ4n) is 1.85. The van der Waals surface area contributed by atoms with Crippen molar-refractivity contribution in [2.75, 3.05) is 6.61 Å². The van der Waals surface area contributed by atoms with Gasteiger partial charge < -0.3 is 14.7 Å². The van der Waals surface area contributed by atoms with Crippen LogP contribution in [0.5, 0.6) is 0 Å². The Labute approximate surface area is 111 Å². The Hall–Kier alpha value is -1.88. The maximum Gasteiger partial charge on any atom is 0.354 e. The molecule has 0 aliphatic carbocycles. The summed E-state index contributed by atoms with van der Waals surface area (Å²) < 4.78 is 5.34. The normalized spacial score (nSPS) is 20.0. The minimum Gasteiger partial charge on any atom is -0.477 e. The standard InChI is InChI=1S/C14H17NO4/c16-14(17)12(10-11-6-2-1-3-7-11)15-19-13-8-4-5-9-18-13/h1-3,6-7,13H,4-5,8-10H2,(H,16,17). The average Bonchev–Trinajstić information content (AvgIpc) is 2.45. The van der Waals surface area contributed by atoms with Gasteiger partial charge in [0.15, 0.2) is 5.71 Å². The largest absolute Gasteiger partial charge is 0.477 e. The second-order valence-corrected chi connectivity index (χ2v) is 4.41. The Balaban J connectivity index is 1.97. The second kappa shape index (κ2) is 6.89. The average molecular weight is 263 g/mol. The molecular weight excluding hydrogens is 246 g/mol. The molecule has 0 spiro atoms. The highest BCUT2D eigenvalue weighted by Gasteiger charge is 2.17. The number of benzene rings is 1. The van der Waals surface area contributed by atoms with Crippen molar-refractivity contribution in [1.82, 2.24) is 0 Å². The predicted molar refractivity (Wildman–Crippen MR) is 69.9 cm³/mol. The van der Waals surface area contributed by atoms with Crippen LogP contribution in [-0.4, -0.2) is 29.7 Å². The molecule has 0 aromatic heterocycles. The van der Waals surface area contributed by atoms with Crippen LogP contribution >= 0.6 is 0 Å². The van der Waals surface area contributed by atoms with Gasteiger partial charge in [-0.1, -0.05) is 35.5 Å². The summed E-state index contributed by atoms with van der Waals surface area (Å²) in [7, 11) is 0. The molecule has 5 nitrogen and oxygen atoms in total. The minimum absolute atomic E-state index is 0.0135. The van der Waals surface area contributed by atoms with Gasteiger partial charge in [-0.05, 0) is 18.4 Å². The summed E-state index contributed by atoms with van der Waals surface area (Å²) in [5.74, 6) is -1.07. The van der Waals surface area contributed by atoms with E-state index in [1.54, 1.807) is 0 Å². The molecule has 19 heavy (non-hydrogen) atoms. The van der Waals surface area contributed by atoms with Crippen LogP contribution in [0, 0.1) is 0 Å². The zero-order valence-electron chi connectivity index (χ0n) is 10.6. The lowest BCUT2D eigenvalue weighted by Gasteiger charge is -2.20. The van der Waals surface area contributed by atoms with Gasteiger partial charge in [-0.25, -0.2) is 4.79 Å². The molecule has 1 atom stereocenters. The summed E-state index contributed by atoms with van der Waals surface area (Å²) in [5.41, 5.74) is 0.872. The summed E-state index contributed by atoms with van der Waals surface area (Å²) >= 11 is 0. The summed E-state index contributed by atoms with van der Waals surface area (Å²) in [6.07, 6.45) is 2.60. The van der Waals surface area contributed by atoms with Gasteiger partial charge in [-0.3, -0.25) is 0 Å². The minimum atomic E-state index is -1.07. The molecule has 1 aromatic rings. The topological polar surface area (TPSA) is 68.1 Å². The molecule has 1 heterocycles. The van der Waals surface area contributed by atoms with E-state index in [0.717, 1.165) is 24.8 Å². The van der Waals surface area contributed by atoms with Crippen molar-refractivity contribution in [1.29, 1.82) is 0 Å². The van der Waals surface area contributed by atoms with E-state index in [2.05, 4.69) is 5.16 Å².